The van der Waals surface area contributed by atoms with Crippen LogP contribution in [0.15, 0.2) is 12.4 Å². The first kappa shape index (κ1) is 9.24. The second-order valence-corrected chi connectivity index (χ2v) is 3.90. The van der Waals surface area contributed by atoms with Gasteiger partial charge in [0.1, 0.15) is 5.82 Å². The number of imidazole rings is 1. The van der Waals surface area contributed by atoms with E-state index in [1.807, 2.05) is 24.7 Å². The maximum Gasteiger partial charge on any atom is 0.223 e. The number of carbonyl (C=O) groups excluding carboxylic acids is 1. The molecule has 1 aliphatic carbocycles. The standard InChI is InChI=1S/C10H15N3O/c1-7(9-11-5-6-13(9)2)12-10(14)8-3-4-8/h5-8H,3-4H2,1-2H3,(H,12,14). The Kier molecular flexibility index (Phi) is 2.27. The Morgan fingerprint density at radius 1 is 1.71 bits per heavy atom. The van der Waals surface area contributed by atoms with E-state index < -0.39 is 0 Å². The molecule has 1 unspecified atom stereocenters. The molecule has 0 spiro atoms. The minimum Gasteiger partial charge on any atom is -0.346 e. The fourth-order valence-electron chi connectivity index (χ4n) is 1.54. The normalized spacial score (nSPS) is 17.9. The molecule has 4 heteroatoms. The second kappa shape index (κ2) is 3.44. The number of carbonyl (C=O) groups is 1. The summed E-state index contributed by atoms with van der Waals surface area (Å²) < 4.78 is 1.93. The van der Waals surface area contributed by atoms with Gasteiger partial charge in [-0.2, -0.15) is 0 Å². The molecule has 0 radical (unpaired) electrons. The first-order valence-electron chi connectivity index (χ1n) is 4.96. The van der Waals surface area contributed by atoms with Gasteiger partial charge in [0.2, 0.25) is 5.91 Å². The molecule has 1 aromatic rings. The van der Waals surface area contributed by atoms with Crippen molar-refractivity contribution < 1.29 is 4.79 Å². The molecule has 1 saturated carbocycles. The molecule has 0 aliphatic heterocycles. The highest BCUT2D eigenvalue weighted by Crippen LogP contribution is 2.29. The van der Waals surface area contributed by atoms with E-state index in [1.54, 1.807) is 6.20 Å². The average molecular weight is 193 g/mol. The molecule has 1 atom stereocenters. The average Bonchev–Trinajstić information content (AvgIpc) is 2.89. The monoisotopic (exact) mass is 193 g/mol. The van der Waals surface area contributed by atoms with Crippen LogP contribution < -0.4 is 5.32 Å². The van der Waals surface area contributed by atoms with E-state index in [-0.39, 0.29) is 17.9 Å². The Morgan fingerprint density at radius 3 is 2.93 bits per heavy atom. The predicted octanol–water partition coefficient (Wildman–Crippen LogP) is 1.01. The third-order valence-corrected chi connectivity index (χ3v) is 2.55. The summed E-state index contributed by atoms with van der Waals surface area (Å²) in [6.45, 7) is 1.96. The van der Waals surface area contributed by atoms with E-state index in [4.69, 9.17) is 0 Å². The Bertz CT molecular complexity index is 341. The van der Waals surface area contributed by atoms with Gasteiger partial charge in [-0.1, -0.05) is 0 Å². The van der Waals surface area contributed by atoms with Gasteiger partial charge in [0.25, 0.3) is 0 Å². The molecule has 1 aromatic heterocycles. The van der Waals surface area contributed by atoms with Gasteiger partial charge in [0, 0.05) is 25.4 Å². The van der Waals surface area contributed by atoms with Gasteiger partial charge < -0.3 is 9.88 Å². The summed E-state index contributed by atoms with van der Waals surface area (Å²) in [5.41, 5.74) is 0. The number of amides is 1. The predicted molar refractivity (Wildman–Crippen MR) is 52.5 cm³/mol. The number of nitrogens with zero attached hydrogens (tertiary/aromatic N) is 2. The number of aryl methyl sites for hydroxylation is 1. The summed E-state index contributed by atoms with van der Waals surface area (Å²) in [5, 5.41) is 2.96. The molecule has 1 amide bonds. The van der Waals surface area contributed by atoms with Crippen molar-refractivity contribution in [1.82, 2.24) is 14.9 Å². The van der Waals surface area contributed by atoms with Crippen LogP contribution in [0.3, 0.4) is 0 Å². The Hall–Kier alpha value is -1.32. The SMILES string of the molecule is CC(NC(=O)C1CC1)c1nccn1C. The maximum absolute atomic E-state index is 11.5. The lowest BCUT2D eigenvalue weighted by molar-refractivity contribution is -0.123. The number of aromatic nitrogens is 2. The van der Waals surface area contributed by atoms with Crippen LogP contribution in [-0.4, -0.2) is 15.5 Å². The highest BCUT2D eigenvalue weighted by atomic mass is 16.2. The number of rotatable bonds is 3. The molecule has 1 N–H and O–H groups in total. The van der Waals surface area contributed by atoms with E-state index in [2.05, 4.69) is 10.3 Å². The van der Waals surface area contributed by atoms with Crippen molar-refractivity contribution in [1.29, 1.82) is 0 Å². The summed E-state index contributed by atoms with van der Waals surface area (Å²) in [5.74, 6) is 1.33. The molecular weight excluding hydrogens is 178 g/mol. The largest absolute Gasteiger partial charge is 0.346 e. The molecule has 4 nitrogen and oxygen atoms in total. The molecule has 1 fully saturated rings. The van der Waals surface area contributed by atoms with Gasteiger partial charge in [-0.15, -0.1) is 0 Å². The van der Waals surface area contributed by atoms with Gasteiger partial charge in [0.15, 0.2) is 0 Å². The summed E-state index contributed by atoms with van der Waals surface area (Å²) in [6.07, 6.45) is 5.71. The Morgan fingerprint density at radius 2 is 2.43 bits per heavy atom. The van der Waals surface area contributed by atoms with Crippen molar-refractivity contribution in [3.05, 3.63) is 18.2 Å². The van der Waals surface area contributed by atoms with Gasteiger partial charge in [-0.25, -0.2) is 4.98 Å². The zero-order valence-electron chi connectivity index (χ0n) is 8.53. The second-order valence-electron chi connectivity index (χ2n) is 3.90. The molecule has 14 heavy (non-hydrogen) atoms. The van der Waals surface area contributed by atoms with Crippen molar-refractivity contribution in [2.75, 3.05) is 0 Å². The van der Waals surface area contributed by atoms with Crippen molar-refractivity contribution in [2.45, 2.75) is 25.8 Å². The fraction of sp³-hybridized carbons (Fsp3) is 0.600. The van der Waals surface area contributed by atoms with Crippen LogP contribution in [0.4, 0.5) is 0 Å². The lowest BCUT2D eigenvalue weighted by Gasteiger charge is -2.13. The molecular formula is C10H15N3O. The topological polar surface area (TPSA) is 46.9 Å². The Balaban J connectivity index is 1.98. The van der Waals surface area contributed by atoms with Crippen molar-refractivity contribution in [3.8, 4) is 0 Å². The lowest BCUT2D eigenvalue weighted by atomic mass is 10.3. The van der Waals surface area contributed by atoms with Crippen LogP contribution in [0.5, 0.6) is 0 Å². The minimum atomic E-state index is 0.00287. The minimum absolute atomic E-state index is 0.00287. The Labute approximate surface area is 83.3 Å². The zero-order chi connectivity index (χ0) is 10.1. The van der Waals surface area contributed by atoms with Gasteiger partial charge in [-0.3, -0.25) is 4.79 Å². The summed E-state index contributed by atoms with van der Waals surface area (Å²) in [4.78, 5) is 15.7. The van der Waals surface area contributed by atoms with Crippen LogP contribution in [-0.2, 0) is 11.8 Å². The molecule has 1 aliphatic rings. The van der Waals surface area contributed by atoms with Crippen LogP contribution in [0.2, 0.25) is 0 Å². The lowest BCUT2D eigenvalue weighted by Crippen LogP contribution is -2.29. The van der Waals surface area contributed by atoms with Crippen LogP contribution in [0.25, 0.3) is 0 Å². The third-order valence-electron chi connectivity index (χ3n) is 2.55. The summed E-state index contributed by atoms with van der Waals surface area (Å²) in [6, 6.07) is 0.00287. The molecule has 1 heterocycles. The van der Waals surface area contributed by atoms with Gasteiger partial charge in [0.05, 0.1) is 6.04 Å². The van der Waals surface area contributed by atoms with Crippen LogP contribution >= 0.6 is 0 Å². The zero-order valence-corrected chi connectivity index (χ0v) is 8.53. The van der Waals surface area contributed by atoms with E-state index >= 15 is 0 Å². The van der Waals surface area contributed by atoms with Gasteiger partial charge in [-0.05, 0) is 19.8 Å². The van der Waals surface area contributed by atoms with E-state index in [9.17, 15) is 4.79 Å². The van der Waals surface area contributed by atoms with E-state index in [0.717, 1.165) is 18.7 Å². The van der Waals surface area contributed by atoms with E-state index in [0.29, 0.717) is 0 Å². The van der Waals surface area contributed by atoms with Crippen LogP contribution in [0.1, 0.15) is 31.6 Å². The van der Waals surface area contributed by atoms with E-state index in [1.165, 1.54) is 0 Å². The first-order chi connectivity index (χ1) is 6.68. The molecule has 0 saturated heterocycles. The molecule has 76 valence electrons. The highest BCUT2D eigenvalue weighted by molar-refractivity contribution is 5.81. The number of hydrogen-bond acceptors (Lipinski definition) is 2. The first-order valence-corrected chi connectivity index (χ1v) is 4.96. The summed E-state index contributed by atoms with van der Waals surface area (Å²) >= 11 is 0. The number of nitrogens with one attached hydrogen (secondary N) is 1. The van der Waals surface area contributed by atoms with Gasteiger partial charge >= 0.3 is 0 Å². The smallest absolute Gasteiger partial charge is 0.223 e. The molecule has 0 bridgehead atoms. The quantitative estimate of drug-likeness (QED) is 0.778. The maximum atomic E-state index is 11.5. The number of hydrogen-bond donors (Lipinski definition) is 1. The molecule has 2 rings (SSSR count). The van der Waals surface area contributed by atoms with Crippen molar-refractivity contribution >= 4 is 5.91 Å². The fourth-order valence-corrected chi connectivity index (χ4v) is 1.54. The van der Waals surface area contributed by atoms with Crippen molar-refractivity contribution in [3.63, 3.8) is 0 Å². The van der Waals surface area contributed by atoms with Crippen LogP contribution in [0, 0.1) is 5.92 Å². The third kappa shape index (κ3) is 1.78. The molecule has 0 aromatic carbocycles. The van der Waals surface area contributed by atoms with Crippen molar-refractivity contribution in [2.24, 2.45) is 13.0 Å². The highest BCUT2D eigenvalue weighted by Gasteiger charge is 2.30. The summed E-state index contributed by atoms with van der Waals surface area (Å²) in [7, 11) is 1.93.